The summed E-state index contributed by atoms with van der Waals surface area (Å²) in [7, 11) is 0. The van der Waals surface area contributed by atoms with Gasteiger partial charge in [0.05, 0.1) is 22.9 Å². The lowest BCUT2D eigenvalue weighted by atomic mass is 10.00. The quantitative estimate of drug-likeness (QED) is 0.394. The van der Waals surface area contributed by atoms with E-state index in [-0.39, 0.29) is 12.5 Å². The van der Waals surface area contributed by atoms with E-state index in [1.807, 2.05) is 36.4 Å². The van der Waals surface area contributed by atoms with Crippen molar-refractivity contribution in [1.29, 1.82) is 5.26 Å². The summed E-state index contributed by atoms with van der Waals surface area (Å²) in [6, 6.07) is 18.6. The number of hydrogen-bond acceptors (Lipinski definition) is 10. The molecule has 0 radical (unpaired) electrons. The van der Waals surface area contributed by atoms with Gasteiger partial charge >= 0.3 is 0 Å². The van der Waals surface area contributed by atoms with Crippen LogP contribution in [-0.2, 0) is 6.54 Å². The Kier molecular flexibility index (Phi) is 5.05. The zero-order valence-electron chi connectivity index (χ0n) is 18.6. The molecule has 0 saturated heterocycles. The van der Waals surface area contributed by atoms with Gasteiger partial charge in [0.2, 0.25) is 11.8 Å². The average molecular weight is 472 g/mol. The molecular weight excluding hydrogens is 456 g/mol. The van der Waals surface area contributed by atoms with E-state index in [2.05, 4.69) is 41.6 Å². The molecule has 1 aromatic carbocycles. The molecule has 0 amide bonds. The standard InChI is InChI=1S/C24H16N12/c25-13-15-4-3-5-17(12-15)21-20(16-7-10-27-11-8-16)23-29-19(32-36(23)24(26)30-21)14-35-22(31-33-34-35)18-6-1-2-9-28-18/h1-12H,14H2,(H2,26,30). The highest BCUT2D eigenvalue weighted by molar-refractivity contribution is 5.90. The largest absolute Gasteiger partial charge is 0.368 e. The Morgan fingerprint density at radius 2 is 1.83 bits per heavy atom. The van der Waals surface area contributed by atoms with Gasteiger partial charge in [-0.1, -0.05) is 18.2 Å². The van der Waals surface area contributed by atoms with Crippen LogP contribution in [0.2, 0.25) is 0 Å². The van der Waals surface area contributed by atoms with Crippen LogP contribution in [0.15, 0.2) is 73.2 Å². The van der Waals surface area contributed by atoms with Crippen LogP contribution in [0.25, 0.3) is 39.5 Å². The summed E-state index contributed by atoms with van der Waals surface area (Å²) in [6.45, 7) is 0.190. The van der Waals surface area contributed by atoms with Crippen molar-refractivity contribution in [1.82, 2.24) is 49.8 Å². The zero-order chi connectivity index (χ0) is 24.5. The minimum Gasteiger partial charge on any atom is -0.368 e. The molecule has 5 aromatic heterocycles. The van der Waals surface area contributed by atoms with E-state index < -0.39 is 0 Å². The van der Waals surface area contributed by atoms with Crippen LogP contribution in [0.4, 0.5) is 5.95 Å². The number of nitrogen functional groups attached to an aromatic ring is 1. The lowest BCUT2D eigenvalue weighted by molar-refractivity contribution is 0.627. The monoisotopic (exact) mass is 472 g/mol. The molecule has 0 unspecified atom stereocenters. The molecule has 0 bridgehead atoms. The van der Waals surface area contributed by atoms with Crippen molar-refractivity contribution in [3.63, 3.8) is 0 Å². The van der Waals surface area contributed by atoms with Crippen molar-refractivity contribution >= 4 is 11.6 Å². The smallest absolute Gasteiger partial charge is 0.223 e. The van der Waals surface area contributed by atoms with Crippen LogP contribution in [0.1, 0.15) is 11.4 Å². The van der Waals surface area contributed by atoms with Gasteiger partial charge in [-0.3, -0.25) is 9.97 Å². The van der Waals surface area contributed by atoms with Crippen LogP contribution in [-0.4, -0.2) is 49.8 Å². The van der Waals surface area contributed by atoms with E-state index in [0.29, 0.717) is 39.8 Å². The van der Waals surface area contributed by atoms with Crippen molar-refractivity contribution in [3.05, 3.63) is 84.6 Å². The van der Waals surface area contributed by atoms with E-state index in [9.17, 15) is 5.26 Å². The Bertz CT molecular complexity index is 1730. The molecule has 6 rings (SSSR count). The van der Waals surface area contributed by atoms with Gasteiger partial charge in [0.1, 0.15) is 12.2 Å². The molecule has 0 saturated carbocycles. The number of benzene rings is 1. The third-order valence-corrected chi connectivity index (χ3v) is 5.51. The summed E-state index contributed by atoms with van der Waals surface area (Å²) in [4.78, 5) is 17.9. The van der Waals surface area contributed by atoms with E-state index >= 15 is 0 Å². The molecule has 36 heavy (non-hydrogen) atoms. The number of anilines is 1. The Morgan fingerprint density at radius 3 is 2.64 bits per heavy atom. The lowest BCUT2D eigenvalue weighted by Crippen LogP contribution is -2.08. The predicted molar refractivity (Wildman–Crippen MR) is 129 cm³/mol. The first-order valence-corrected chi connectivity index (χ1v) is 10.8. The fraction of sp³-hybridized carbons (Fsp3) is 0.0417. The van der Waals surface area contributed by atoms with Crippen LogP contribution in [0.3, 0.4) is 0 Å². The summed E-state index contributed by atoms with van der Waals surface area (Å²) in [5.74, 6) is 1.08. The number of hydrogen-bond donors (Lipinski definition) is 1. The molecule has 5 heterocycles. The molecule has 6 aromatic rings. The number of nitrogens with zero attached hydrogens (tertiary/aromatic N) is 11. The molecule has 2 N–H and O–H groups in total. The molecule has 0 atom stereocenters. The second-order valence-electron chi connectivity index (χ2n) is 7.76. The topological polar surface area (TPSA) is 162 Å². The first kappa shape index (κ1) is 21.0. The maximum absolute atomic E-state index is 9.40. The summed E-state index contributed by atoms with van der Waals surface area (Å²) < 4.78 is 3.07. The molecule has 12 heteroatoms. The molecule has 0 spiro atoms. The minimum absolute atomic E-state index is 0.153. The highest BCUT2D eigenvalue weighted by atomic mass is 15.5. The SMILES string of the molecule is N#Cc1cccc(-c2nc(N)n3nc(Cn4nnnc4-c4ccccn4)nc3c2-c2ccncc2)c1. The molecular formula is C24H16N12. The van der Waals surface area contributed by atoms with Crippen LogP contribution >= 0.6 is 0 Å². The van der Waals surface area contributed by atoms with Crippen LogP contribution < -0.4 is 5.73 Å². The number of tetrazole rings is 1. The third-order valence-electron chi connectivity index (χ3n) is 5.51. The van der Waals surface area contributed by atoms with Crippen molar-refractivity contribution in [2.75, 3.05) is 5.73 Å². The molecule has 0 aliphatic heterocycles. The molecule has 0 aliphatic rings. The number of aromatic nitrogens is 10. The molecule has 0 fully saturated rings. The second kappa shape index (κ2) is 8.65. The van der Waals surface area contributed by atoms with E-state index in [1.165, 1.54) is 4.52 Å². The van der Waals surface area contributed by atoms with Gasteiger partial charge in [-0.05, 0) is 52.4 Å². The first-order chi connectivity index (χ1) is 17.7. The van der Waals surface area contributed by atoms with Crippen LogP contribution in [0.5, 0.6) is 0 Å². The number of fused-ring (bicyclic) bond motifs is 1. The summed E-state index contributed by atoms with van der Waals surface area (Å²) in [6.07, 6.45) is 5.05. The van der Waals surface area contributed by atoms with Crippen molar-refractivity contribution in [2.45, 2.75) is 6.54 Å². The molecule has 172 valence electrons. The first-order valence-electron chi connectivity index (χ1n) is 10.8. The van der Waals surface area contributed by atoms with E-state index in [1.54, 1.807) is 41.5 Å². The lowest BCUT2D eigenvalue weighted by Gasteiger charge is -2.12. The fourth-order valence-corrected chi connectivity index (χ4v) is 3.92. The number of pyridine rings is 2. The van der Waals surface area contributed by atoms with Gasteiger partial charge in [0.25, 0.3) is 0 Å². The fourth-order valence-electron chi connectivity index (χ4n) is 3.92. The van der Waals surface area contributed by atoms with Gasteiger partial charge < -0.3 is 5.73 Å². The Balaban J connectivity index is 1.52. The van der Waals surface area contributed by atoms with Crippen molar-refractivity contribution < 1.29 is 0 Å². The highest BCUT2D eigenvalue weighted by Gasteiger charge is 2.21. The summed E-state index contributed by atoms with van der Waals surface area (Å²) in [5.41, 5.74) is 10.8. The van der Waals surface area contributed by atoms with Gasteiger partial charge in [-0.2, -0.15) is 9.78 Å². The average Bonchev–Trinajstić information content (AvgIpc) is 3.57. The van der Waals surface area contributed by atoms with E-state index in [0.717, 1.165) is 11.1 Å². The van der Waals surface area contributed by atoms with Crippen molar-refractivity contribution in [2.24, 2.45) is 0 Å². The van der Waals surface area contributed by atoms with Gasteiger partial charge in [0.15, 0.2) is 11.5 Å². The van der Waals surface area contributed by atoms with E-state index in [4.69, 9.17) is 10.7 Å². The number of nitrogens with two attached hydrogens (primary N) is 1. The summed E-state index contributed by atoms with van der Waals surface area (Å²) in [5, 5.41) is 26.0. The van der Waals surface area contributed by atoms with Gasteiger partial charge in [0, 0.05) is 24.2 Å². The normalized spacial score (nSPS) is 11.0. The molecule has 0 aliphatic carbocycles. The maximum atomic E-state index is 9.40. The van der Waals surface area contributed by atoms with Gasteiger partial charge in [-0.15, -0.1) is 10.2 Å². The molecule has 12 nitrogen and oxygen atoms in total. The van der Waals surface area contributed by atoms with Crippen LogP contribution in [0, 0.1) is 11.3 Å². The van der Waals surface area contributed by atoms with Gasteiger partial charge in [-0.25, -0.2) is 14.6 Å². The Hall–Kier alpha value is -5.57. The number of nitriles is 1. The Morgan fingerprint density at radius 1 is 0.944 bits per heavy atom. The third kappa shape index (κ3) is 3.66. The Labute approximate surface area is 203 Å². The maximum Gasteiger partial charge on any atom is 0.223 e. The zero-order valence-corrected chi connectivity index (χ0v) is 18.6. The summed E-state index contributed by atoms with van der Waals surface area (Å²) >= 11 is 0. The number of rotatable bonds is 5. The highest BCUT2D eigenvalue weighted by Crippen LogP contribution is 2.34. The second-order valence-corrected chi connectivity index (χ2v) is 7.76. The minimum atomic E-state index is 0.153. The predicted octanol–water partition coefficient (Wildman–Crippen LogP) is 2.40. The van der Waals surface area contributed by atoms with Crippen molar-refractivity contribution in [3.8, 4) is 40.0 Å².